The van der Waals surface area contributed by atoms with Crippen LogP contribution >= 0.6 is 43.2 Å². The van der Waals surface area contributed by atoms with Crippen molar-refractivity contribution < 1.29 is 9.59 Å². The topological polar surface area (TPSA) is 84.0 Å². The van der Waals surface area contributed by atoms with Crippen LogP contribution in [0.3, 0.4) is 0 Å². The number of aromatic nitrogens is 2. The van der Waals surface area contributed by atoms with Crippen molar-refractivity contribution in [3.63, 3.8) is 0 Å². The van der Waals surface area contributed by atoms with Gasteiger partial charge < -0.3 is 10.6 Å². The number of carbonyl (C=O) groups is 2. The fourth-order valence-corrected chi connectivity index (χ4v) is 6.00. The first-order valence-corrected chi connectivity index (χ1v) is 14.4. The lowest BCUT2D eigenvalue weighted by Crippen LogP contribution is -2.18. The van der Waals surface area contributed by atoms with Crippen LogP contribution in [-0.4, -0.2) is 46.9 Å². The van der Waals surface area contributed by atoms with Crippen molar-refractivity contribution in [3.8, 4) is 0 Å². The Morgan fingerprint density at radius 2 is 1.48 bits per heavy atom. The zero-order valence-electron chi connectivity index (χ0n) is 18.1. The summed E-state index contributed by atoms with van der Waals surface area (Å²) in [6, 6.07) is 11.7. The van der Waals surface area contributed by atoms with Crippen molar-refractivity contribution >= 4 is 55.0 Å². The number of nitrogens with one attached hydrogen (secondary N) is 2. The molecule has 2 rings (SSSR count). The second-order valence-corrected chi connectivity index (χ2v) is 11.3. The van der Waals surface area contributed by atoms with Gasteiger partial charge in [-0.2, -0.15) is 0 Å². The summed E-state index contributed by atoms with van der Waals surface area (Å²) < 4.78 is 0. The van der Waals surface area contributed by atoms with E-state index in [4.69, 9.17) is 0 Å². The summed E-state index contributed by atoms with van der Waals surface area (Å²) in [6.07, 6.45) is 6.57. The minimum Gasteiger partial charge on any atom is -0.359 e. The van der Waals surface area contributed by atoms with E-state index >= 15 is 0 Å². The molecule has 0 fully saturated rings. The van der Waals surface area contributed by atoms with E-state index in [1.54, 1.807) is 69.7 Å². The summed E-state index contributed by atoms with van der Waals surface area (Å²) in [5.41, 5.74) is 0. The average Bonchev–Trinajstić information content (AvgIpc) is 2.82. The number of rotatable bonds is 12. The molecule has 6 nitrogen and oxygen atoms in total. The standard InChI is InChI=1S/C11H16N2OS2.C10H14N2OS2/c1-9(6-7-10(14)12-2)15-16-11-5-3-4-8-13-11;1-11-9(13)5-4-8-14-15-10-6-2-3-7-12-10/h3-5,8-9H,6-7H2,1-2H3,(H,12,14);2-3,6-7H,4-5,8H2,1H3,(H,11,13)/t9-;/m1./s1. The predicted molar refractivity (Wildman–Crippen MR) is 136 cm³/mol. The van der Waals surface area contributed by atoms with Crippen molar-refractivity contribution in [1.29, 1.82) is 0 Å². The Bertz CT molecular complexity index is 739. The third-order valence-electron chi connectivity index (χ3n) is 3.68. The number of amides is 2. The van der Waals surface area contributed by atoms with Crippen molar-refractivity contribution in [3.05, 3.63) is 48.8 Å². The average molecular weight is 499 g/mol. The van der Waals surface area contributed by atoms with E-state index in [1.807, 2.05) is 36.4 Å². The van der Waals surface area contributed by atoms with Gasteiger partial charge in [0.2, 0.25) is 11.8 Å². The summed E-state index contributed by atoms with van der Waals surface area (Å²) in [4.78, 5) is 30.4. The van der Waals surface area contributed by atoms with E-state index < -0.39 is 0 Å². The number of nitrogens with zero attached hydrogens (tertiary/aromatic N) is 2. The molecule has 2 amide bonds. The Kier molecular flexibility index (Phi) is 16.3. The van der Waals surface area contributed by atoms with Gasteiger partial charge in [0, 0.05) is 50.3 Å². The van der Waals surface area contributed by atoms with E-state index in [-0.39, 0.29) is 11.8 Å². The van der Waals surface area contributed by atoms with Crippen LogP contribution in [0.2, 0.25) is 0 Å². The SMILES string of the molecule is CNC(=O)CCCSSc1ccccn1.CNC(=O)CC[C@@H](C)SSc1ccccn1. The van der Waals surface area contributed by atoms with Crippen LogP contribution in [0.5, 0.6) is 0 Å². The van der Waals surface area contributed by atoms with E-state index in [2.05, 4.69) is 27.5 Å². The number of hydrogen-bond donors (Lipinski definition) is 2. The highest BCUT2D eigenvalue weighted by Crippen LogP contribution is 2.34. The Morgan fingerprint density at radius 1 is 0.903 bits per heavy atom. The fraction of sp³-hybridized carbons (Fsp3) is 0.429. The summed E-state index contributed by atoms with van der Waals surface area (Å²) in [5.74, 6) is 1.18. The lowest BCUT2D eigenvalue weighted by Gasteiger charge is -2.08. The zero-order valence-corrected chi connectivity index (χ0v) is 21.3. The quantitative estimate of drug-likeness (QED) is 0.309. The minimum absolute atomic E-state index is 0.107. The maximum absolute atomic E-state index is 11.1. The zero-order chi connectivity index (χ0) is 22.7. The van der Waals surface area contributed by atoms with Gasteiger partial charge in [-0.1, -0.05) is 40.6 Å². The molecular weight excluding hydrogens is 469 g/mol. The highest BCUT2D eigenvalue weighted by Gasteiger charge is 2.07. The molecule has 0 aromatic carbocycles. The molecule has 2 aromatic rings. The number of hydrogen-bond acceptors (Lipinski definition) is 8. The highest BCUT2D eigenvalue weighted by molar-refractivity contribution is 8.77. The molecule has 0 radical (unpaired) electrons. The summed E-state index contributed by atoms with van der Waals surface area (Å²) >= 11 is 0. The molecule has 0 saturated heterocycles. The molecule has 10 heteroatoms. The minimum atomic E-state index is 0.107. The molecule has 2 N–H and O–H groups in total. The molecule has 0 aliphatic carbocycles. The van der Waals surface area contributed by atoms with Crippen LogP contribution in [0.25, 0.3) is 0 Å². The molecule has 0 aliphatic heterocycles. The first-order chi connectivity index (χ1) is 15.0. The molecule has 31 heavy (non-hydrogen) atoms. The summed E-state index contributed by atoms with van der Waals surface area (Å²) in [5, 5.41) is 7.71. The van der Waals surface area contributed by atoms with Crippen molar-refractivity contribution in [2.24, 2.45) is 0 Å². The smallest absolute Gasteiger partial charge is 0.219 e. The Labute approximate surface area is 201 Å². The first kappa shape index (κ1) is 27.7. The lowest BCUT2D eigenvalue weighted by molar-refractivity contribution is -0.121. The normalized spacial score (nSPS) is 11.1. The van der Waals surface area contributed by atoms with Gasteiger partial charge in [-0.25, -0.2) is 9.97 Å². The Hall–Kier alpha value is -1.36. The lowest BCUT2D eigenvalue weighted by atomic mass is 10.2. The third-order valence-corrected chi connectivity index (χ3v) is 8.90. The van der Waals surface area contributed by atoms with Crippen LogP contribution < -0.4 is 10.6 Å². The van der Waals surface area contributed by atoms with Gasteiger partial charge in [0.15, 0.2) is 0 Å². The molecule has 170 valence electrons. The van der Waals surface area contributed by atoms with Gasteiger partial charge >= 0.3 is 0 Å². The molecule has 0 spiro atoms. The van der Waals surface area contributed by atoms with Gasteiger partial charge in [0.05, 0.1) is 0 Å². The van der Waals surface area contributed by atoms with Gasteiger partial charge in [0.25, 0.3) is 0 Å². The Morgan fingerprint density at radius 3 is 2.03 bits per heavy atom. The summed E-state index contributed by atoms with van der Waals surface area (Å²) in [6.45, 7) is 2.13. The molecule has 0 unspecified atom stereocenters. The molecule has 0 saturated carbocycles. The van der Waals surface area contributed by atoms with Crippen LogP contribution in [-0.2, 0) is 9.59 Å². The first-order valence-electron chi connectivity index (χ1n) is 9.91. The van der Waals surface area contributed by atoms with E-state index in [0.717, 1.165) is 28.6 Å². The van der Waals surface area contributed by atoms with E-state index in [0.29, 0.717) is 18.1 Å². The van der Waals surface area contributed by atoms with E-state index in [1.165, 1.54) is 0 Å². The van der Waals surface area contributed by atoms with Crippen molar-refractivity contribution in [2.45, 2.75) is 47.9 Å². The van der Waals surface area contributed by atoms with Gasteiger partial charge in [-0.3, -0.25) is 9.59 Å². The van der Waals surface area contributed by atoms with E-state index in [9.17, 15) is 9.59 Å². The van der Waals surface area contributed by atoms with Crippen molar-refractivity contribution in [1.82, 2.24) is 20.6 Å². The number of pyridine rings is 2. The predicted octanol–water partition coefficient (Wildman–Crippen LogP) is 5.08. The number of carbonyl (C=O) groups excluding carboxylic acids is 2. The second kappa shape index (κ2) is 18.2. The molecule has 2 heterocycles. The maximum atomic E-state index is 11.1. The molecule has 0 aliphatic rings. The molecule has 0 bridgehead atoms. The van der Waals surface area contributed by atoms with Crippen LogP contribution in [0, 0.1) is 0 Å². The van der Waals surface area contributed by atoms with Crippen LogP contribution in [0.1, 0.15) is 32.6 Å². The van der Waals surface area contributed by atoms with Crippen molar-refractivity contribution in [2.75, 3.05) is 19.8 Å². The summed E-state index contributed by atoms with van der Waals surface area (Å²) in [7, 11) is 10.1. The molecule has 1 atom stereocenters. The monoisotopic (exact) mass is 498 g/mol. The fourth-order valence-electron chi connectivity index (χ4n) is 1.95. The third kappa shape index (κ3) is 15.1. The van der Waals surface area contributed by atoms with Gasteiger partial charge in [-0.15, -0.1) is 0 Å². The molecular formula is C21H30N4O2S4. The van der Waals surface area contributed by atoms with Gasteiger partial charge in [-0.05, 0) is 58.7 Å². The van der Waals surface area contributed by atoms with Gasteiger partial charge in [0.1, 0.15) is 10.1 Å². The largest absolute Gasteiger partial charge is 0.359 e. The second-order valence-electron chi connectivity index (χ2n) is 6.22. The van der Waals surface area contributed by atoms with Crippen LogP contribution in [0.15, 0.2) is 58.8 Å². The Balaban J connectivity index is 0.000000311. The van der Waals surface area contributed by atoms with Crippen LogP contribution in [0.4, 0.5) is 0 Å². The highest BCUT2D eigenvalue weighted by atomic mass is 33.1. The maximum Gasteiger partial charge on any atom is 0.219 e. The molecule has 2 aromatic heterocycles.